The second kappa shape index (κ2) is 5.67. The number of fused-ring (bicyclic) bond motifs is 1. The lowest BCUT2D eigenvalue weighted by molar-refractivity contribution is 0.0938. The fourth-order valence-electron chi connectivity index (χ4n) is 1.98. The second-order valence-electron chi connectivity index (χ2n) is 4.20. The fraction of sp³-hybridized carbons (Fsp3) is 0.286. The van der Waals surface area contributed by atoms with Gasteiger partial charge in [-0.15, -0.1) is 0 Å². The molecule has 1 aromatic heterocycles. The summed E-state index contributed by atoms with van der Waals surface area (Å²) in [6.45, 7) is 2.37. The zero-order valence-corrected chi connectivity index (χ0v) is 11.0. The Morgan fingerprint density at radius 1 is 1.32 bits per heavy atom. The van der Waals surface area contributed by atoms with Crippen molar-refractivity contribution in [2.45, 2.75) is 6.92 Å². The lowest BCUT2D eigenvalue weighted by Gasteiger charge is -2.02. The molecule has 1 N–H and O–H groups in total. The monoisotopic (exact) mass is 260 g/mol. The fourth-order valence-corrected chi connectivity index (χ4v) is 1.98. The van der Waals surface area contributed by atoms with E-state index in [1.54, 1.807) is 13.3 Å². The number of hydrogen-bond acceptors (Lipinski definition) is 3. The number of para-hydroxylation sites is 1. The molecule has 100 valence electrons. The van der Waals surface area contributed by atoms with Crippen molar-refractivity contribution in [1.82, 2.24) is 9.88 Å². The Bertz CT molecular complexity index is 616. The van der Waals surface area contributed by atoms with E-state index in [2.05, 4.69) is 5.32 Å². The summed E-state index contributed by atoms with van der Waals surface area (Å²) in [5, 5.41) is 3.53. The van der Waals surface area contributed by atoms with Crippen LogP contribution in [0.15, 0.2) is 30.5 Å². The van der Waals surface area contributed by atoms with Crippen LogP contribution in [0, 0.1) is 0 Å². The number of benzene rings is 1. The smallest absolute Gasteiger partial charge is 0.253 e. The van der Waals surface area contributed by atoms with Gasteiger partial charge in [0.2, 0.25) is 5.91 Å². The molecule has 0 aliphatic carbocycles. The Hall–Kier alpha value is -2.14. The van der Waals surface area contributed by atoms with Gasteiger partial charge in [-0.1, -0.05) is 18.2 Å². The molecule has 0 saturated heterocycles. The van der Waals surface area contributed by atoms with Crippen LogP contribution < -0.4 is 5.32 Å². The predicted molar refractivity (Wildman–Crippen MR) is 72.4 cm³/mol. The van der Waals surface area contributed by atoms with Crippen molar-refractivity contribution < 1.29 is 14.3 Å². The van der Waals surface area contributed by atoms with Crippen LogP contribution in [0.25, 0.3) is 10.9 Å². The van der Waals surface area contributed by atoms with Gasteiger partial charge in [-0.25, -0.2) is 0 Å². The third kappa shape index (κ3) is 2.66. The Morgan fingerprint density at radius 2 is 2.05 bits per heavy atom. The van der Waals surface area contributed by atoms with Crippen molar-refractivity contribution in [2.24, 2.45) is 0 Å². The molecule has 0 radical (unpaired) electrons. The standard InChI is InChI=1S/C14H16N2O3/c1-10(17)16-9-12(14(18)15-7-8-19-2)11-5-3-4-6-13(11)16/h3-6,9H,7-8H2,1-2H3,(H,15,18). The SMILES string of the molecule is COCCNC(=O)c1cn(C(C)=O)c2ccccc12. The topological polar surface area (TPSA) is 60.3 Å². The number of nitrogens with zero attached hydrogens (tertiary/aromatic N) is 1. The van der Waals surface area contributed by atoms with Gasteiger partial charge < -0.3 is 10.1 Å². The molecule has 0 bridgehead atoms. The van der Waals surface area contributed by atoms with Crippen molar-refractivity contribution in [1.29, 1.82) is 0 Å². The van der Waals surface area contributed by atoms with Crippen molar-refractivity contribution in [3.05, 3.63) is 36.0 Å². The third-order valence-corrected chi connectivity index (χ3v) is 2.89. The van der Waals surface area contributed by atoms with Crippen LogP contribution in [0.5, 0.6) is 0 Å². The van der Waals surface area contributed by atoms with E-state index < -0.39 is 0 Å². The summed E-state index contributed by atoms with van der Waals surface area (Å²) in [6.07, 6.45) is 1.58. The van der Waals surface area contributed by atoms with Crippen LogP contribution >= 0.6 is 0 Å². The van der Waals surface area contributed by atoms with Crippen LogP contribution in [0.2, 0.25) is 0 Å². The first-order valence-electron chi connectivity index (χ1n) is 6.03. The molecule has 19 heavy (non-hydrogen) atoms. The third-order valence-electron chi connectivity index (χ3n) is 2.89. The van der Waals surface area contributed by atoms with E-state index in [4.69, 9.17) is 4.74 Å². The first-order valence-corrected chi connectivity index (χ1v) is 6.03. The summed E-state index contributed by atoms with van der Waals surface area (Å²) >= 11 is 0. The minimum Gasteiger partial charge on any atom is -0.383 e. The maximum Gasteiger partial charge on any atom is 0.253 e. The Morgan fingerprint density at radius 3 is 2.74 bits per heavy atom. The van der Waals surface area contributed by atoms with Gasteiger partial charge in [0.1, 0.15) is 0 Å². The van der Waals surface area contributed by atoms with Crippen molar-refractivity contribution in [2.75, 3.05) is 20.3 Å². The van der Waals surface area contributed by atoms with Gasteiger partial charge in [0.05, 0.1) is 17.7 Å². The number of aromatic nitrogens is 1. The van der Waals surface area contributed by atoms with Crippen molar-refractivity contribution in [3.63, 3.8) is 0 Å². The minimum absolute atomic E-state index is 0.118. The van der Waals surface area contributed by atoms with Gasteiger partial charge in [0.25, 0.3) is 5.91 Å². The number of amides is 1. The van der Waals surface area contributed by atoms with E-state index in [1.807, 2.05) is 24.3 Å². The molecular weight excluding hydrogens is 244 g/mol. The largest absolute Gasteiger partial charge is 0.383 e. The second-order valence-corrected chi connectivity index (χ2v) is 4.20. The molecule has 1 amide bonds. The van der Waals surface area contributed by atoms with E-state index in [9.17, 15) is 9.59 Å². The highest BCUT2D eigenvalue weighted by Crippen LogP contribution is 2.21. The zero-order valence-electron chi connectivity index (χ0n) is 11.0. The maximum atomic E-state index is 12.1. The number of ether oxygens (including phenoxy) is 1. The molecule has 0 atom stereocenters. The molecular formula is C14H16N2O3. The number of methoxy groups -OCH3 is 1. The molecule has 0 spiro atoms. The zero-order chi connectivity index (χ0) is 13.8. The minimum atomic E-state index is -0.201. The summed E-state index contributed by atoms with van der Waals surface area (Å²) in [5.74, 6) is -0.319. The summed E-state index contributed by atoms with van der Waals surface area (Å²) in [4.78, 5) is 23.6. The van der Waals surface area contributed by atoms with E-state index in [0.29, 0.717) is 18.7 Å². The van der Waals surface area contributed by atoms with Crippen LogP contribution in [0.4, 0.5) is 0 Å². The van der Waals surface area contributed by atoms with Crippen LogP contribution in [0.3, 0.4) is 0 Å². The summed E-state index contributed by atoms with van der Waals surface area (Å²) < 4.78 is 6.37. The Labute approximate surface area is 111 Å². The van der Waals surface area contributed by atoms with Crippen LogP contribution in [0.1, 0.15) is 22.1 Å². The quantitative estimate of drug-likeness (QED) is 0.851. The van der Waals surface area contributed by atoms with Gasteiger partial charge in [-0.2, -0.15) is 0 Å². The highest BCUT2D eigenvalue weighted by Gasteiger charge is 2.15. The molecule has 0 unspecified atom stereocenters. The number of nitrogens with one attached hydrogen (secondary N) is 1. The molecule has 0 aliphatic heterocycles. The first-order chi connectivity index (χ1) is 9.15. The van der Waals surface area contributed by atoms with Gasteiger partial charge in [-0.05, 0) is 6.07 Å². The lowest BCUT2D eigenvalue weighted by Crippen LogP contribution is -2.26. The van der Waals surface area contributed by atoms with Crippen molar-refractivity contribution in [3.8, 4) is 0 Å². The highest BCUT2D eigenvalue weighted by atomic mass is 16.5. The molecule has 2 rings (SSSR count). The van der Waals surface area contributed by atoms with Gasteiger partial charge >= 0.3 is 0 Å². The molecule has 0 fully saturated rings. The van der Waals surface area contributed by atoms with Gasteiger partial charge in [-0.3, -0.25) is 14.2 Å². The van der Waals surface area contributed by atoms with E-state index in [1.165, 1.54) is 11.5 Å². The van der Waals surface area contributed by atoms with E-state index in [-0.39, 0.29) is 11.8 Å². The Kier molecular flexibility index (Phi) is 3.97. The predicted octanol–water partition coefficient (Wildman–Crippen LogP) is 1.68. The average Bonchev–Trinajstić information content (AvgIpc) is 2.78. The molecule has 5 nitrogen and oxygen atoms in total. The molecule has 5 heteroatoms. The molecule has 1 aromatic carbocycles. The van der Waals surface area contributed by atoms with Crippen LogP contribution in [-0.4, -0.2) is 36.6 Å². The summed E-state index contributed by atoms with van der Waals surface area (Å²) in [6, 6.07) is 7.34. The highest BCUT2D eigenvalue weighted by molar-refractivity contribution is 6.09. The van der Waals surface area contributed by atoms with E-state index >= 15 is 0 Å². The van der Waals surface area contributed by atoms with E-state index in [0.717, 1.165) is 10.9 Å². The summed E-state index contributed by atoms with van der Waals surface area (Å²) in [7, 11) is 1.58. The molecule has 0 aliphatic rings. The normalized spacial score (nSPS) is 10.6. The number of hydrogen-bond donors (Lipinski definition) is 1. The molecule has 1 heterocycles. The maximum absolute atomic E-state index is 12.1. The lowest BCUT2D eigenvalue weighted by atomic mass is 10.1. The average molecular weight is 260 g/mol. The molecule has 0 saturated carbocycles. The van der Waals surface area contributed by atoms with Crippen LogP contribution in [-0.2, 0) is 4.74 Å². The first kappa shape index (κ1) is 13.3. The number of carbonyl (C=O) groups excluding carboxylic acids is 2. The van der Waals surface area contributed by atoms with Gasteiger partial charge in [0, 0.05) is 32.2 Å². The Balaban J connectivity index is 2.38. The number of rotatable bonds is 4. The van der Waals surface area contributed by atoms with Crippen molar-refractivity contribution >= 4 is 22.7 Å². The van der Waals surface area contributed by atoms with Gasteiger partial charge in [0.15, 0.2) is 0 Å². The molecule has 2 aromatic rings. The summed E-state index contributed by atoms with van der Waals surface area (Å²) in [5.41, 5.74) is 1.24. The number of carbonyl (C=O) groups is 2.